The molecule has 0 amide bonds. The van der Waals surface area contributed by atoms with E-state index < -0.39 is 0 Å². The van der Waals surface area contributed by atoms with E-state index in [1.165, 1.54) is 50.9 Å². The van der Waals surface area contributed by atoms with E-state index in [1.807, 2.05) is 12.1 Å². The summed E-state index contributed by atoms with van der Waals surface area (Å²) in [5, 5.41) is 3.65. The van der Waals surface area contributed by atoms with Gasteiger partial charge in [-0.2, -0.15) is 0 Å². The molecule has 6 heteroatoms. The van der Waals surface area contributed by atoms with E-state index in [0.29, 0.717) is 0 Å². The fourth-order valence-electron chi connectivity index (χ4n) is 4.64. The highest BCUT2D eigenvalue weighted by Crippen LogP contribution is 2.20. The molecule has 4 rings (SSSR count). The molecule has 2 aromatic rings. The molecule has 2 fully saturated rings. The first kappa shape index (κ1) is 24.1. The number of benzene rings is 1. The van der Waals surface area contributed by atoms with E-state index in [-0.39, 0.29) is 24.0 Å². The zero-order valence-corrected chi connectivity index (χ0v) is 20.9. The van der Waals surface area contributed by atoms with Crippen LogP contribution in [0.3, 0.4) is 0 Å². The van der Waals surface area contributed by atoms with E-state index in [9.17, 15) is 0 Å². The molecule has 1 N–H and O–H groups in total. The van der Waals surface area contributed by atoms with Crippen molar-refractivity contribution in [3.05, 3.63) is 60.1 Å². The maximum Gasteiger partial charge on any atom is 0.193 e. The molecule has 5 nitrogen and oxygen atoms in total. The van der Waals surface area contributed by atoms with Crippen LogP contribution in [0.1, 0.15) is 37.0 Å². The molecule has 1 atom stereocenters. The minimum Gasteiger partial charge on any atom is -0.469 e. The summed E-state index contributed by atoms with van der Waals surface area (Å²) in [7, 11) is 0. The molecule has 2 saturated heterocycles. The molecule has 3 heterocycles. The molecular formula is C25H37IN4O. The van der Waals surface area contributed by atoms with Crippen LogP contribution in [-0.2, 0) is 12.8 Å². The van der Waals surface area contributed by atoms with Gasteiger partial charge in [-0.3, -0.25) is 4.99 Å². The van der Waals surface area contributed by atoms with Crippen LogP contribution in [-0.4, -0.2) is 61.6 Å². The van der Waals surface area contributed by atoms with Crippen LogP contribution in [0.15, 0.2) is 58.1 Å². The van der Waals surface area contributed by atoms with Crippen LogP contribution < -0.4 is 5.32 Å². The van der Waals surface area contributed by atoms with Crippen molar-refractivity contribution < 1.29 is 4.42 Å². The van der Waals surface area contributed by atoms with Crippen molar-refractivity contribution in [1.29, 1.82) is 0 Å². The number of aliphatic imine (C=N–C) groups is 1. The first-order chi connectivity index (χ1) is 14.9. The maximum atomic E-state index is 5.47. The highest BCUT2D eigenvalue weighted by Gasteiger charge is 2.27. The molecule has 170 valence electrons. The lowest BCUT2D eigenvalue weighted by atomic mass is 10.1. The van der Waals surface area contributed by atoms with Gasteiger partial charge in [-0.05, 0) is 62.4 Å². The van der Waals surface area contributed by atoms with E-state index in [1.54, 1.807) is 6.26 Å². The summed E-state index contributed by atoms with van der Waals surface area (Å²) in [4.78, 5) is 10.1. The molecule has 2 aliphatic rings. The third kappa shape index (κ3) is 7.83. The number of likely N-dealkylation sites (tertiary alicyclic amines) is 2. The Morgan fingerprint density at radius 1 is 1.00 bits per heavy atom. The van der Waals surface area contributed by atoms with Crippen molar-refractivity contribution in [2.24, 2.45) is 10.9 Å². The van der Waals surface area contributed by atoms with Gasteiger partial charge in [-0.25, -0.2) is 0 Å². The summed E-state index contributed by atoms with van der Waals surface area (Å²) in [6, 6.07) is 14.7. The number of hydrogen-bond donors (Lipinski definition) is 1. The highest BCUT2D eigenvalue weighted by molar-refractivity contribution is 14.0. The predicted octanol–water partition coefficient (Wildman–Crippen LogP) is 4.44. The number of rotatable bonds is 8. The monoisotopic (exact) mass is 536 g/mol. The summed E-state index contributed by atoms with van der Waals surface area (Å²) in [6.07, 6.45) is 9.03. The van der Waals surface area contributed by atoms with Gasteiger partial charge in [0.1, 0.15) is 5.76 Å². The second-order valence-electron chi connectivity index (χ2n) is 8.66. The number of furan rings is 1. The number of halogens is 1. The normalized spacial score (nSPS) is 19.9. The van der Waals surface area contributed by atoms with Gasteiger partial charge in [0.2, 0.25) is 0 Å². The second kappa shape index (κ2) is 13.1. The Bertz CT molecular complexity index is 759. The van der Waals surface area contributed by atoms with E-state index in [2.05, 4.69) is 45.4 Å². The zero-order valence-electron chi connectivity index (χ0n) is 18.5. The molecule has 0 bridgehead atoms. The maximum absolute atomic E-state index is 5.47. The van der Waals surface area contributed by atoms with Gasteiger partial charge in [-0.1, -0.05) is 36.8 Å². The molecule has 1 unspecified atom stereocenters. The number of piperidine rings is 1. The first-order valence-electron chi connectivity index (χ1n) is 11.7. The van der Waals surface area contributed by atoms with Gasteiger partial charge in [0.05, 0.1) is 6.26 Å². The molecule has 1 aromatic heterocycles. The minimum atomic E-state index is 0. The Kier molecular flexibility index (Phi) is 10.2. The summed E-state index contributed by atoms with van der Waals surface area (Å²) in [6.45, 7) is 7.72. The van der Waals surface area contributed by atoms with Crippen molar-refractivity contribution in [2.75, 3.05) is 45.8 Å². The minimum absolute atomic E-state index is 0. The molecule has 31 heavy (non-hydrogen) atoms. The standard InChI is InChI=1S/C25H36N4O.HI/c1-3-8-22(9-4-1)11-14-26-25(27-15-12-24-10-7-19-30-24)29-18-13-23(21-29)20-28-16-5-2-6-17-28;/h1,3-4,7-10,19,23H,2,5-6,11-18,20-21H2,(H,26,27);1H. The molecule has 0 spiro atoms. The van der Waals surface area contributed by atoms with Gasteiger partial charge in [0.25, 0.3) is 0 Å². The van der Waals surface area contributed by atoms with Crippen molar-refractivity contribution in [3.63, 3.8) is 0 Å². The lowest BCUT2D eigenvalue weighted by molar-refractivity contribution is 0.198. The number of nitrogens with one attached hydrogen (secondary N) is 1. The third-order valence-electron chi connectivity index (χ3n) is 6.29. The Morgan fingerprint density at radius 3 is 2.61 bits per heavy atom. The van der Waals surface area contributed by atoms with Gasteiger partial charge < -0.3 is 19.5 Å². The molecule has 1 aromatic carbocycles. The predicted molar refractivity (Wildman–Crippen MR) is 138 cm³/mol. The fourth-order valence-corrected chi connectivity index (χ4v) is 4.64. The Balaban J connectivity index is 0.00000272. The van der Waals surface area contributed by atoms with Gasteiger partial charge in [0, 0.05) is 39.1 Å². The molecule has 0 saturated carbocycles. The first-order valence-corrected chi connectivity index (χ1v) is 11.7. The van der Waals surface area contributed by atoms with E-state index in [0.717, 1.165) is 56.7 Å². The van der Waals surface area contributed by atoms with Crippen molar-refractivity contribution >= 4 is 29.9 Å². The average Bonchev–Trinajstić information content (AvgIpc) is 3.47. The summed E-state index contributed by atoms with van der Waals surface area (Å²) in [5.74, 6) is 2.83. The topological polar surface area (TPSA) is 44.0 Å². The lowest BCUT2D eigenvalue weighted by Gasteiger charge is -2.29. The van der Waals surface area contributed by atoms with Gasteiger partial charge in [-0.15, -0.1) is 24.0 Å². The van der Waals surface area contributed by atoms with Crippen LogP contribution in [0.25, 0.3) is 0 Å². The second-order valence-corrected chi connectivity index (χ2v) is 8.66. The molecule has 2 aliphatic heterocycles. The van der Waals surface area contributed by atoms with Crippen LogP contribution in [0.4, 0.5) is 0 Å². The van der Waals surface area contributed by atoms with Crippen LogP contribution in [0, 0.1) is 5.92 Å². The lowest BCUT2D eigenvalue weighted by Crippen LogP contribution is -2.42. The molecule has 0 radical (unpaired) electrons. The quantitative estimate of drug-likeness (QED) is 0.308. The SMILES string of the molecule is I.c1ccc(CCNC(=NCCc2ccco2)N2CCC(CN3CCCCC3)C2)cc1. The third-order valence-corrected chi connectivity index (χ3v) is 6.29. The van der Waals surface area contributed by atoms with Gasteiger partial charge in [0.15, 0.2) is 5.96 Å². The summed E-state index contributed by atoms with van der Waals surface area (Å²) >= 11 is 0. The number of hydrogen-bond acceptors (Lipinski definition) is 3. The van der Waals surface area contributed by atoms with Crippen LogP contribution >= 0.6 is 24.0 Å². The fraction of sp³-hybridized carbons (Fsp3) is 0.560. The van der Waals surface area contributed by atoms with Crippen LogP contribution in [0.2, 0.25) is 0 Å². The number of guanidine groups is 1. The Morgan fingerprint density at radius 2 is 1.84 bits per heavy atom. The largest absolute Gasteiger partial charge is 0.469 e. The van der Waals surface area contributed by atoms with E-state index in [4.69, 9.17) is 9.41 Å². The Hall–Kier alpha value is -1.54. The van der Waals surface area contributed by atoms with Crippen molar-refractivity contribution in [1.82, 2.24) is 15.1 Å². The van der Waals surface area contributed by atoms with Gasteiger partial charge >= 0.3 is 0 Å². The average molecular weight is 537 g/mol. The smallest absolute Gasteiger partial charge is 0.193 e. The van der Waals surface area contributed by atoms with Crippen LogP contribution in [0.5, 0.6) is 0 Å². The molecule has 0 aliphatic carbocycles. The number of nitrogens with zero attached hydrogens (tertiary/aromatic N) is 3. The highest BCUT2D eigenvalue weighted by atomic mass is 127. The molecular weight excluding hydrogens is 499 g/mol. The summed E-state index contributed by atoms with van der Waals surface area (Å²) in [5.41, 5.74) is 1.37. The van der Waals surface area contributed by atoms with E-state index >= 15 is 0 Å². The van der Waals surface area contributed by atoms with Crippen molar-refractivity contribution in [2.45, 2.75) is 38.5 Å². The summed E-state index contributed by atoms with van der Waals surface area (Å²) < 4.78 is 5.47. The Labute approximate surface area is 204 Å². The van der Waals surface area contributed by atoms with Crippen molar-refractivity contribution in [3.8, 4) is 0 Å². The zero-order chi connectivity index (χ0) is 20.4.